The van der Waals surface area contributed by atoms with Gasteiger partial charge in [-0.25, -0.2) is 4.39 Å². The number of likely N-dealkylation sites (tertiary alicyclic amines) is 1. The zero-order valence-electron chi connectivity index (χ0n) is 14.2. The van der Waals surface area contributed by atoms with Gasteiger partial charge in [-0.15, -0.1) is 0 Å². The first-order valence-corrected chi connectivity index (χ1v) is 8.48. The van der Waals surface area contributed by atoms with Crippen molar-refractivity contribution < 1.29 is 19.0 Å². The molecule has 3 rings (SSSR count). The molecule has 1 N–H and O–H groups in total. The lowest BCUT2D eigenvalue weighted by atomic mass is 10.00. The third kappa shape index (κ3) is 3.66. The smallest absolute Gasteiger partial charge is 0.257 e. The molecule has 0 aliphatic carbocycles. The van der Waals surface area contributed by atoms with Crippen LogP contribution < -0.4 is 4.74 Å². The number of carbonyl (C=O) groups excluding carboxylic acids is 1. The van der Waals surface area contributed by atoms with Crippen molar-refractivity contribution in [3.8, 4) is 5.75 Å². The number of aliphatic hydroxyl groups is 1. The average molecular weight is 343 g/mol. The fourth-order valence-corrected chi connectivity index (χ4v) is 3.41. The first-order valence-electron chi connectivity index (χ1n) is 8.48. The Bertz CT molecular complexity index is 735. The Kier molecular flexibility index (Phi) is 5.34. The molecule has 0 bridgehead atoms. The van der Waals surface area contributed by atoms with Gasteiger partial charge in [0.05, 0.1) is 18.8 Å². The van der Waals surface area contributed by atoms with Gasteiger partial charge >= 0.3 is 0 Å². The van der Waals surface area contributed by atoms with Gasteiger partial charge in [0.2, 0.25) is 0 Å². The van der Waals surface area contributed by atoms with E-state index in [2.05, 4.69) is 0 Å². The normalized spacial score (nSPS) is 18.2. The van der Waals surface area contributed by atoms with Crippen molar-refractivity contribution >= 4 is 5.91 Å². The van der Waals surface area contributed by atoms with Crippen molar-refractivity contribution in [1.82, 2.24) is 4.90 Å². The lowest BCUT2D eigenvalue weighted by molar-refractivity contribution is 0.0662. The monoisotopic (exact) mass is 343 g/mol. The van der Waals surface area contributed by atoms with Crippen molar-refractivity contribution in [2.75, 3.05) is 13.7 Å². The quantitative estimate of drug-likeness (QED) is 0.903. The molecular formula is C20H22FNO3. The van der Waals surface area contributed by atoms with E-state index in [4.69, 9.17) is 4.74 Å². The number of carbonyl (C=O) groups is 1. The molecule has 0 saturated carbocycles. The average Bonchev–Trinajstić information content (AvgIpc) is 3.10. The van der Waals surface area contributed by atoms with Crippen LogP contribution in [0.2, 0.25) is 0 Å². The molecule has 2 aromatic rings. The summed E-state index contributed by atoms with van der Waals surface area (Å²) in [4.78, 5) is 14.5. The van der Waals surface area contributed by atoms with E-state index in [-0.39, 0.29) is 23.3 Å². The van der Waals surface area contributed by atoms with Crippen LogP contribution in [0.4, 0.5) is 4.39 Å². The van der Waals surface area contributed by atoms with E-state index in [1.807, 2.05) is 30.3 Å². The zero-order chi connectivity index (χ0) is 17.8. The number of nitrogens with zero attached hydrogens (tertiary/aromatic N) is 1. The third-order valence-electron chi connectivity index (χ3n) is 4.73. The summed E-state index contributed by atoms with van der Waals surface area (Å²) in [5.41, 5.74) is 0.842. The molecule has 1 heterocycles. The molecule has 1 aliphatic rings. The molecule has 1 aliphatic heterocycles. The van der Waals surface area contributed by atoms with Crippen LogP contribution in [0.1, 0.15) is 41.3 Å². The molecule has 0 spiro atoms. The maximum atomic E-state index is 14.4. The van der Waals surface area contributed by atoms with Gasteiger partial charge in [0.1, 0.15) is 0 Å². The molecule has 2 atom stereocenters. The number of hydrogen-bond acceptors (Lipinski definition) is 3. The van der Waals surface area contributed by atoms with Crippen molar-refractivity contribution in [3.05, 3.63) is 65.5 Å². The number of ether oxygens (including phenoxy) is 1. The summed E-state index contributed by atoms with van der Waals surface area (Å²) in [6, 6.07) is 13.9. The van der Waals surface area contributed by atoms with E-state index in [1.165, 1.54) is 19.2 Å². The Balaban J connectivity index is 1.76. The molecule has 132 valence electrons. The molecule has 4 nitrogen and oxygen atoms in total. The molecule has 2 aromatic carbocycles. The van der Waals surface area contributed by atoms with Crippen molar-refractivity contribution in [3.63, 3.8) is 0 Å². The van der Waals surface area contributed by atoms with Gasteiger partial charge in [-0.3, -0.25) is 4.79 Å². The summed E-state index contributed by atoms with van der Waals surface area (Å²) >= 11 is 0. The Morgan fingerprint density at radius 3 is 2.76 bits per heavy atom. The second-order valence-electron chi connectivity index (χ2n) is 6.28. The highest BCUT2D eigenvalue weighted by atomic mass is 19.1. The van der Waals surface area contributed by atoms with Crippen LogP contribution in [0, 0.1) is 5.82 Å². The second-order valence-corrected chi connectivity index (χ2v) is 6.28. The van der Waals surface area contributed by atoms with Crippen LogP contribution in [0.15, 0.2) is 48.5 Å². The highest BCUT2D eigenvalue weighted by Crippen LogP contribution is 2.30. The lowest BCUT2D eigenvalue weighted by Crippen LogP contribution is -2.37. The minimum absolute atomic E-state index is 0.0143. The molecule has 25 heavy (non-hydrogen) atoms. The SMILES string of the molecule is COc1cccc(C(=O)N2CCCC2CC(O)c2ccccc2)c1F. The second kappa shape index (κ2) is 7.66. The Morgan fingerprint density at radius 2 is 2.04 bits per heavy atom. The summed E-state index contributed by atoms with van der Waals surface area (Å²) in [6.07, 6.45) is 1.46. The van der Waals surface area contributed by atoms with Crippen LogP contribution in [-0.2, 0) is 0 Å². The Hall–Kier alpha value is -2.40. The molecule has 5 heteroatoms. The molecule has 1 fully saturated rings. The number of methoxy groups -OCH3 is 1. The fourth-order valence-electron chi connectivity index (χ4n) is 3.41. The molecule has 0 aromatic heterocycles. The first kappa shape index (κ1) is 17.4. The zero-order valence-corrected chi connectivity index (χ0v) is 14.2. The van der Waals surface area contributed by atoms with E-state index in [9.17, 15) is 14.3 Å². The summed E-state index contributed by atoms with van der Waals surface area (Å²) < 4.78 is 19.4. The van der Waals surface area contributed by atoms with Gasteiger partial charge in [0.25, 0.3) is 5.91 Å². The van der Waals surface area contributed by atoms with Crippen LogP contribution >= 0.6 is 0 Å². The maximum absolute atomic E-state index is 14.4. The lowest BCUT2D eigenvalue weighted by Gasteiger charge is -2.27. The largest absolute Gasteiger partial charge is 0.494 e. The minimum atomic E-state index is -0.644. The van der Waals surface area contributed by atoms with Crippen LogP contribution in [0.3, 0.4) is 0 Å². The minimum Gasteiger partial charge on any atom is -0.494 e. The number of hydrogen-bond donors (Lipinski definition) is 1. The molecular weight excluding hydrogens is 321 g/mol. The summed E-state index contributed by atoms with van der Waals surface area (Å²) in [6.45, 7) is 0.571. The van der Waals surface area contributed by atoms with Gasteiger partial charge in [-0.05, 0) is 37.0 Å². The predicted molar refractivity (Wildman–Crippen MR) is 93.0 cm³/mol. The van der Waals surface area contributed by atoms with Gasteiger partial charge in [-0.2, -0.15) is 0 Å². The van der Waals surface area contributed by atoms with Gasteiger partial charge in [-0.1, -0.05) is 36.4 Å². The molecule has 2 unspecified atom stereocenters. The highest BCUT2D eigenvalue weighted by Gasteiger charge is 2.32. The van der Waals surface area contributed by atoms with Crippen LogP contribution in [0.25, 0.3) is 0 Å². The van der Waals surface area contributed by atoms with Gasteiger partial charge in [0.15, 0.2) is 11.6 Å². The number of aliphatic hydroxyl groups excluding tert-OH is 1. The van der Waals surface area contributed by atoms with E-state index < -0.39 is 11.9 Å². The number of rotatable bonds is 5. The Morgan fingerprint density at radius 1 is 1.28 bits per heavy atom. The Labute approximate surface area is 146 Å². The van der Waals surface area contributed by atoms with Crippen LogP contribution in [-0.4, -0.2) is 35.6 Å². The fraction of sp³-hybridized carbons (Fsp3) is 0.350. The van der Waals surface area contributed by atoms with Crippen molar-refractivity contribution in [2.24, 2.45) is 0 Å². The highest BCUT2D eigenvalue weighted by molar-refractivity contribution is 5.95. The number of benzene rings is 2. The standard InChI is InChI=1S/C20H22FNO3/c1-25-18-11-5-10-16(19(18)21)20(24)22-12-6-9-15(22)13-17(23)14-7-3-2-4-8-14/h2-5,7-8,10-11,15,17,23H,6,9,12-13H2,1H3. The first-order chi connectivity index (χ1) is 12.1. The van der Waals surface area contributed by atoms with E-state index >= 15 is 0 Å². The number of amides is 1. The van der Waals surface area contributed by atoms with Gasteiger partial charge in [0, 0.05) is 12.6 Å². The predicted octanol–water partition coefficient (Wildman–Crippen LogP) is 3.56. The topological polar surface area (TPSA) is 49.8 Å². The van der Waals surface area contributed by atoms with E-state index in [1.54, 1.807) is 11.0 Å². The van der Waals surface area contributed by atoms with E-state index in [0.717, 1.165) is 18.4 Å². The summed E-state index contributed by atoms with van der Waals surface area (Å²) in [5.74, 6) is -0.922. The van der Waals surface area contributed by atoms with Crippen molar-refractivity contribution in [1.29, 1.82) is 0 Å². The van der Waals surface area contributed by atoms with E-state index in [0.29, 0.717) is 13.0 Å². The molecule has 0 radical (unpaired) electrons. The summed E-state index contributed by atoms with van der Waals surface area (Å²) in [5, 5.41) is 10.5. The maximum Gasteiger partial charge on any atom is 0.257 e. The third-order valence-corrected chi connectivity index (χ3v) is 4.73. The molecule has 1 saturated heterocycles. The van der Waals surface area contributed by atoms with Crippen molar-refractivity contribution in [2.45, 2.75) is 31.4 Å². The van der Waals surface area contributed by atoms with Crippen LogP contribution in [0.5, 0.6) is 5.75 Å². The number of halogens is 1. The van der Waals surface area contributed by atoms with Gasteiger partial charge < -0.3 is 14.7 Å². The molecule has 1 amide bonds. The summed E-state index contributed by atoms with van der Waals surface area (Å²) in [7, 11) is 1.38.